The van der Waals surface area contributed by atoms with Crippen molar-refractivity contribution in [2.24, 2.45) is 0 Å². The highest BCUT2D eigenvalue weighted by Gasteiger charge is 2.17. The van der Waals surface area contributed by atoms with Crippen LogP contribution in [0.1, 0.15) is 42.5 Å². The molecule has 3 heteroatoms. The Morgan fingerprint density at radius 2 is 0.788 bits per heavy atom. The zero-order valence-electron chi connectivity index (χ0n) is 56.8. The molecule has 0 N–H and O–H groups in total. The van der Waals surface area contributed by atoms with Gasteiger partial charge in [-0.3, -0.25) is 0 Å². The predicted octanol–water partition coefficient (Wildman–Crippen LogP) is 12.8. The van der Waals surface area contributed by atoms with E-state index in [1.54, 1.807) is 0 Å². The standard InChI is InChI=1S/C49H31N3/c1-2-12-32(13-3-1)35-24-25-38-29-36(26-27-37(38)28-35)34-17-10-18-40(30-34)47-50-48(45-23-11-16-33-14-4-6-19-41(33)45)52-49(51-47)46-31-39-15-5-7-20-42(39)43-21-8-9-22-44(43)46/h1-31H/i1D,2D,3D,4D,5D,6D,7D,8D,9D,10D,11D,12D,13D,14D,15D,16D,17D,18D,19D,20D,21D,22D,23D,24D,25D,26D,27D,28D,29D,30D,31D. The third kappa shape index (κ3) is 5.28. The molecule has 1 aromatic heterocycles. The number of hydrogen-bond acceptors (Lipinski definition) is 3. The van der Waals surface area contributed by atoms with Gasteiger partial charge in [0.2, 0.25) is 0 Å². The molecule has 52 heavy (non-hydrogen) atoms. The SMILES string of the molecule is [2H]c1c([2H])c([2H])c(-c2c([2H])c([2H])c3c([2H])c(-c4c([2H])c([2H])c([2H])c(-c5nc(-c6c([2H])c([2H])c([2H])c7c([2H])c([2H])c([2H])c([2H])c67)nc(-c6c([2H])c7c([2H])c([2H])c([2H])c([2H])c7c7c([2H])c([2H])c([2H])c([2H])c67)n5)c4[2H])c([2H])c([2H])c3c2[2H])c([2H])c1[2H]. The van der Waals surface area contributed by atoms with Gasteiger partial charge in [-0.25, -0.2) is 15.0 Å². The Labute approximate surface area is 345 Å². The van der Waals surface area contributed by atoms with Crippen molar-refractivity contribution in [1.29, 1.82) is 0 Å². The van der Waals surface area contributed by atoms with E-state index in [9.17, 15) is 12.3 Å². The maximum atomic E-state index is 9.77. The molecule has 0 fully saturated rings. The maximum absolute atomic E-state index is 9.77. The van der Waals surface area contributed by atoms with E-state index >= 15 is 0 Å². The summed E-state index contributed by atoms with van der Waals surface area (Å²) >= 11 is 0. The van der Waals surface area contributed by atoms with Crippen LogP contribution in [0.4, 0.5) is 0 Å². The first-order chi connectivity index (χ1) is 38.7. The van der Waals surface area contributed by atoms with Crippen LogP contribution in [-0.4, -0.2) is 15.0 Å². The molecular weight excluding hydrogens is 631 g/mol. The molecule has 10 aromatic rings. The van der Waals surface area contributed by atoms with Gasteiger partial charge >= 0.3 is 0 Å². The number of rotatable bonds is 5. The summed E-state index contributed by atoms with van der Waals surface area (Å²) in [5.74, 6) is -2.90. The van der Waals surface area contributed by atoms with Gasteiger partial charge in [-0.15, -0.1) is 0 Å². The lowest BCUT2D eigenvalue weighted by atomic mass is 9.96. The third-order valence-electron chi connectivity index (χ3n) is 7.74. The van der Waals surface area contributed by atoms with Gasteiger partial charge in [0, 0.05) is 16.7 Å². The van der Waals surface area contributed by atoms with Gasteiger partial charge in [0.05, 0.1) is 42.5 Å². The van der Waals surface area contributed by atoms with Crippen LogP contribution in [0, 0.1) is 0 Å². The van der Waals surface area contributed by atoms with Gasteiger partial charge in [0.25, 0.3) is 0 Å². The quantitative estimate of drug-likeness (QED) is 0.169. The first kappa shape index (κ1) is 12.1. The van der Waals surface area contributed by atoms with E-state index in [0.29, 0.717) is 0 Å². The van der Waals surface area contributed by atoms with E-state index in [1.165, 1.54) is 0 Å². The molecule has 9 aromatic carbocycles. The average molecular weight is 693 g/mol. The number of nitrogens with zero attached hydrogens (tertiary/aromatic N) is 3. The fraction of sp³-hybridized carbons (Fsp3) is 0. The fourth-order valence-electron chi connectivity index (χ4n) is 5.41. The highest BCUT2D eigenvalue weighted by atomic mass is 15.0. The van der Waals surface area contributed by atoms with Crippen molar-refractivity contribution >= 4 is 43.1 Å². The Kier molecular flexibility index (Phi) is 2.88. The van der Waals surface area contributed by atoms with Gasteiger partial charge in [-0.2, -0.15) is 0 Å². The molecule has 0 unspecified atom stereocenters. The summed E-state index contributed by atoms with van der Waals surface area (Å²) in [5.41, 5.74) is -5.80. The Bertz CT molecular complexity index is 4720. The van der Waals surface area contributed by atoms with Crippen molar-refractivity contribution in [1.82, 2.24) is 15.0 Å². The van der Waals surface area contributed by atoms with Crippen molar-refractivity contribution in [3.8, 4) is 56.4 Å². The van der Waals surface area contributed by atoms with Crippen molar-refractivity contribution in [2.45, 2.75) is 0 Å². The van der Waals surface area contributed by atoms with Crippen LogP contribution in [0.25, 0.3) is 99.5 Å². The van der Waals surface area contributed by atoms with Crippen LogP contribution >= 0.6 is 0 Å². The molecule has 242 valence electrons. The molecule has 0 bridgehead atoms. The fourth-order valence-corrected chi connectivity index (χ4v) is 5.41. The molecule has 0 saturated heterocycles. The summed E-state index contributed by atoms with van der Waals surface area (Å²) in [5, 5.41) is -5.30. The lowest BCUT2D eigenvalue weighted by molar-refractivity contribution is 1.08. The van der Waals surface area contributed by atoms with Crippen molar-refractivity contribution < 1.29 is 42.5 Å². The van der Waals surface area contributed by atoms with Gasteiger partial charge in [-0.1, -0.05) is 163 Å². The lowest BCUT2D eigenvalue weighted by Crippen LogP contribution is -2.01. The topological polar surface area (TPSA) is 38.7 Å². The van der Waals surface area contributed by atoms with Crippen LogP contribution < -0.4 is 0 Å². The Balaban J connectivity index is 1.40. The molecule has 0 radical (unpaired) electrons. The third-order valence-corrected chi connectivity index (χ3v) is 7.74. The molecule has 0 aliphatic rings. The van der Waals surface area contributed by atoms with Crippen LogP contribution in [0.15, 0.2) is 187 Å². The summed E-state index contributed by atoms with van der Waals surface area (Å²) in [7, 11) is 0. The number of aromatic nitrogens is 3. The first-order valence-electron chi connectivity index (χ1n) is 30.6. The Hall–Kier alpha value is -6.97. The summed E-state index contributed by atoms with van der Waals surface area (Å²) in [4.78, 5) is 13.3. The molecule has 3 nitrogen and oxygen atoms in total. The van der Waals surface area contributed by atoms with Crippen LogP contribution in [-0.2, 0) is 0 Å². The highest BCUT2D eigenvalue weighted by Crippen LogP contribution is 2.37. The van der Waals surface area contributed by atoms with Gasteiger partial charge in [-0.05, 0) is 89.5 Å². The van der Waals surface area contributed by atoms with Crippen LogP contribution in [0.3, 0.4) is 0 Å². The molecule has 0 aliphatic carbocycles. The summed E-state index contributed by atoms with van der Waals surface area (Å²) in [6.45, 7) is 0. The number of hydrogen-bond donors (Lipinski definition) is 0. The second kappa shape index (κ2) is 12.4. The second-order valence-corrected chi connectivity index (χ2v) is 10.8. The Morgan fingerprint density at radius 1 is 0.269 bits per heavy atom. The van der Waals surface area contributed by atoms with Gasteiger partial charge < -0.3 is 0 Å². The van der Waals surface area contributed by atoms with E-state index in [4.69, 9.17) is 30.2 Å². The molecule has 10 rings (SSSR count). The average Bonchev–Trinajstić information content (AvgIpc) is 1.01. The maximum Gasteiger partial charge on any atom is 0.164 e. The van der Waals surface area contributed by atoms with Crippen LogP contribution in [0.5, 0.6) is 0 Å². The Morgan fingerprint density at radius 3 is 1.58 bits per heavy atom. The van der Waals surface area contributed by atoms with Gasteiger partial charge in [0.15, 0.2) is 17.5 Å². The largest absolute Gasteiger partial charge is 0.208 e. The molecule has 0 spiro atoms. The lowest BCUT2D eigenvalue weighted by Gasteiger charge is -2.13. The predicted molar refractivity (Wildman–Crippen MR) is 217 cm³/mol. The van der Waals surface area contributed by atoms with Crippen molar-refractivity contribution in [2.75, 3.05) is 0 Å². The minimum atomic E-state index is -1.13. The molecule has 0 amide bonds. The molecular formula is C49H31N3. The van der Waals surface area contributed by atoms with Crippen molar-refractivity contribution in [3.05, 3.63) is 187 Å². The zero-order valence-corrected chi connectivity index (χ0v) is 25.8. The number of fused-ring (bicyclic) bond motifs is 5. The zero-order chi connectivity index (χ0) is 61.4. The number of benzene rings is 9. The molecule has 0 saturated carbocycles. The molecule has 0 atom stereocenters. The summed E-state index contributed by atoms with van der Waals surface area (Å²) < 4.78 is 276. The van der Waals surface area contributed by atoms with Gasteiger partial charge in [0.1, 0.15) is 0 Å². The van der Waals surface area contributed by atoms with Crippen molar-refractivity contribution in [3.63, 3.8) is 0 Å². The molecule has 0 aliphatic heterocycles. The first-order valence-corrected chi connectivity index (χ1v) is 15.1. The second-order valence-electron chi connectivity index (χ2n) is 10.8. The van der Waals surface area contributed by atoms with E-state index in [2.05, 4.69) is 15.0 Å². The minimum absolute atomic E-state index is 0.560. The summed E-state index contributed by atoms with van der Waals surface area (Å²) in [6, 6.07) is -29.4. The smallest absolute Gasteiger partial charge is 0.164 e. The normalized spacial score (nSPS) is 19.8. The minimum Gasteiger partial charge on any atom is -0.208 e. The van der Waals surface area contributed by atoms with E-state index < -0.39 is 287 Å². The monoisotopic (exact) mass is 692 g/mol. The molecule has 1 heterocycles. The van der Waals surface area contributed by atoms with E-state index in [1.807, 2.05) is 0 Å². The highest BCUT2D eigenvalue weighted by molar-refractivity contribution is 6.13. The van der Waals surface area contributed by atoms with E-state index in [0.717, 1.165) is 0 Å². The summed E-state index contributed by atoms with van der Waals surface area (Å²) in [6.07, 6.45) is 0. The van der Waals surface area contributed by atoms with E-state index in [-0.39, 0.29) is 0 Å². The van der Waals surface area contributed by atoms with Crippen LogP contribution in [0.2, 0.25) is 0 Å².